The molecule has 2 N–H and O–H groups in total. The highest BCUT2D eigenvalue weighted by Gasteiger charge is 2.24. The Hall–Kier alpha value is -1.68. The van der Waals surface area contributed by atoms with Gasteiger partial charge in [0.1, 0.15) is 12.2 Å². The Morgan fingerprint density at radius 3 is 2.68 bits per heavy atom. The van der Waals surface area contributed by atoms with Gasteiger partial charge in [-0.05, 0) is 17.2 Å². The lowest BCUT2D eigenvalue weighted by Gasteiger charge is -2.22. The summed E-state index contributed by atoms with van der Waals surface area (Å²) in [6.07, 6.45) is 1.95. The van der Waals surface area contributed by atoms with Gasteiger partial charge in [0.2, 0.25) is 0 Å². The third kappa shape index (κ3) is 1.49. The van der Waals surface area contributed by atoms with Gasteiger partial charge in [0, 0.05) is 20.2 Å². The molecule has 4 rings (SSSR count). The first kappa shape index (κ1) is 11.2. The van der Waals surface area contributed by atoms with E-state index >= 15 is 0 Å². The molecule has 0 fully saturated rings. The molecule has 3 aromatic rings. The summed E-state index contributed by atoms with van der Waals surface area (Å²) in [5.74, 6) is 0. The van der Waals surface area contributed by atoms with Gasteiger partial charge in [-0.25, -0.2) is 0 Å². The predicted octanol–water partition coefficient (Wildman–Crippen LogP) is 3.48. The van der Waals surface area contributed by atoms with E-state index in [2.05, 4.69) is 12.1 Å². The van der Waals surface area contributed by atoms with Crippen LogP contribution in [0.1, 0.15) is 17.2 Å². The first-order chi connectivity index (χ1) is 9.25. The van der Waals surface area contributed by atoms with Gasteiger partial charge in [-0.1, -0.05) is 42.5 Å². The van der Waals surface area contributed by atoms with Crippen molar-refractivity contribution in [3.8, 4) is 0 Å². The third-order valence-electron chi connectivity index (χ3n) is 3.72. The SMILES string of the molecule is O[C@@H]1C=Cc2c(ccc3c2sc2ccccc23)[C@H]1O. The molecule has 0 saturated carbocycles. The molecule has 0 bridgehead atoms. The van der Waals surface area contributed by atoms with Crippen LogP contribution in [0.3, 0.4) is 0 Å². The van der Waals surface area contributed by atoms with Gasteiger partial charge >= 0.3 is 0 Å². The van der Waals surface area contributed by atoms with Gasteiger partial charge in [-0.2, -0.15) is 0 Å². The lowest BCUT2D eigenvalue weighted by molar-refractivity contribution is 0.0471. The molecule has 3 heteroatoms. The molecule has 2 atom stereocenters. The van der Waals surface area contributed by atoms with Crippen molar-refractivity contribution in [3.63, 3.8) is 0 Å². The van der Waals surface area contributed by atoms with Gasteiger partial charge in [0.25, 0.3) is 0 Å². The molecule has 1 aromatic heterocycles. The van der Waals surface area contributed by atoms with Crippen LogP contribution in [-0.2, 0) is 0 Å². The zero-order valence-electron chi connectivity index (χ0n) is 10.1. The second-order valence-electron chi connectivity index (χ2n) is 4.84. The molecule has 0 radical (unpaired) electrons. The number of aliphatic hydroxyl groups excluding tert-OH is 2. The van der Waals surface area contributed by atoms with E-state index in [9.17, 15) is 10.2 Å². The van der Waals surface area contributed by atoms with E-state index in [4.69, 9.17) is 0 Å². The maximum atomic E-state index is 10.1. The molecule has 1 heterocycles. The topological polar surface area (TPSA) is 40.5 Å². The van der Waals surface area contributed by atoms with E-state index in [1.165, 1.54) is 20.2 Å². The molecular weight excluding hydrogens is 256 g/mol. The highest BCUT2D eigenvalue weighted by atomic mass is 32.1. The van der Waals surface area contributed by atoms with Crippen molar-refractivity contribution >= 4 is 37.6 Å². The van der Waals surface area contributed by atoms with E-state index in [-0.39, 0.29) is 0 Å². The number of benzene rings is 2. The van der Waals surface area contributed by atoms with Crippen molar-refractivity contribution in [2.24, 2.45) is 0 Å². The first-order valence-electron chi connectivity index (χ1n) is 6.24. The Balaban J connectivity index is 2.13. The summed E-state index contributed by atoms with van der Waals surface area (Å²) in [4.78, 5) is 0. The fraction of sp³-hybridized carbons (Fsp3) is 0.125. The fourth-order valence-electron chi connectivity index (χ4n) is 2.74. The van der Waals surface area contributed by atoms with Crippen molar-refractivity contribution < 1.29 is 10.2 Å². The zero-order chi connectivity index (χ0) is 13.0. The fourth-order valence-corrected chi connectivity index (χ4v) is 3.98. The van der Waals surface area contributed by atoms with Crippen LogP contribution in [0.5, 0.6) is 0 Å². The second-order valence-corrected chi connectivity index (χ2v) is 5.89. The first-order valence-corrected chi connectivity index (χ1v) is 7.06. The van der Waals surface area contributed by atoms with Crippen LogP contribution in [0, 0.1) is 0 Å². The highest BCUT2D eigenvalue weighted by molar-refractivity contribution is 7.26. The van der Waals surface area contributed by atoms with E-state index in [0.29, 0.717) is 0 Å². The average molecular weight is 268 g/mol. The van der Waals surface area contributed by atoms with Crippen molar-refractivity contribution in [1.29, 1.82) is 0 Å². The average Bonchev–Trinajstić information content (AvgIpc) is 2.81. The van der Waals surface area contributed by atoms with Crippen LogP contribution in [0.25, 0.3) is 26.2 Å². The minimum atomic E-state index is -0.824. The minimum Gasteiger partial charge on any atom is -0.386 e. The van der Waals surface area contributed by atoms with Gasteiger partial charge in [-0.3, -0.25) is 0 Å². The molecular formula is C16H12O2S. The standard InChI is InChI=1S/C16H12O2S/c17-13-8-7-12-10(15(13)18)5-6-11-9-3-1-2-4-14(9)19-16(11)12/h1-8,13,15,17-18H/t13-,15-/m1/s1. The molecule has 0 saturated heterocycles. The molecule has 1 aliphatic rings. The van der Waals surface area contributed by atoms with Crippen molar-refractivity contribution in [1.82, 2.24) is 0 Å². The predicted molar refractivity (Wildman–Crippen MR) is 79.3 cm³/mol. The number of fused-ring (bicyclic) bond motifs is 5. The number of aliphatic hydroxyl groups is 2. The van der Waals surface area contributed by atoms with Gasteiger partial charge < -0.3 is 10.2 Å². The normalized spacial score (nSPS) is 22.0. The molecule has 2 aromatic carbocycles. The van der Waals surface area contributed by atoms with Crippen LogP contribution >= 0.6 is 11.3 Å². The van der Waals surface area contributed by atoms with E-state index < -0.39 is 12.2 Å². The second kappa shape index (κ2) is 3.90. The van der Waals surface area contributed by atoms with Crippen molar-refractivity contribution in [2.75, 3.05) is 0 Å². The number of thiophene rings is 1. The highest BCUT2D eigenvalue weighted by Crippen LogP contribution is 2.41. The van der Waals surface area contributed by atoms with E-state index in [1.807, 2.05) is 30.3 Å². The molecule has 2 nitrogen and oxygen atoms in total. The maximum Gasteiger partial charge on any atom is 0.109 e. The third-order valence-corrected chi connectivity index (χ3v) is 4.94. The monoisotopic (exact) mass is 268 g/mol. The lowest BCUT2D eigenvalue weighted by atomic mass is 9.91. The van der Waals surface area contributed by atoms with Gasteiger partial charge in [0.05, 0.1) is 0 Å². The maximum absolute atomic E-state index is 10.1. The summed E-state index contributed by atoms with van der Waals surface area (Å²) in [5, 5.41) is 22.2. The number of hydrogen-bond acceptors (Lipinski definition) is 3. The molecule has 19 heavy (non-hydrogen) atoms. The summed E-state index contributed by atoms with van der Waals surface area (Å²) < 4.78 is 2.43. The lowest BCUT2D eigenvalue weighted by Crippen LogP contribution is -2.19. The Morgan fingerprint density at radius 1 is 0.947 bits per heavy atom. The number of hydrogen-bond donors (Lipinski definition) is 2. The van der Waals surface area contributed by atoms with Crippen molar-refractivity contribution in [2.45, 2.75) is 12.2 Å². The van der Waals surface area contributed by atoms with E-state index in [1.54, 1.807) is 17.4 Å². The van der Waals surface area contributed by atoms with Gasteiger partial charge in [0.15, 0.2) is 0 Å². The molecule has 0 aliphatic heterocycles. The van der Waals surface area contributed by atoms with Gasteiger partial charge in [-0.15, -0.1) is 11.3 Å². The molecule has 1 aliphatic carbocycles. The van der Waals surface area contributed by atoms with Crippen LogP contribution in [0.15, 0.2) is 42.5 Å². The summed E-state index contributed by atoms with van der Waals surface area (Å²) in [7, 11) is 0. The van der Waals surface area contributed by atoms with Crippen molar-refractivity contribution in [3.05, 3.63) is 53.6 Å². The Morgan fingerprint density at radius 2 is 1.79 bits per heavy atom. The zero-order valence-corrected chi connectivity index (χ0v) is 10.9. The summed E-state index contributed by atoms with van der Waals surface area (Å²) in [5.41, 5.74) is 1.85. The summed E-state index contributed by atoms with van der Waals surface area (Å²) in [6.45, 7) is 0. The number of rotatable bonds is 0. The molecule has 0 unspecified atom stereocenters. The Labute approximate surface area is 114 Å². The van der Waals surface area contributed by atoms with E-state index in [0.717, 1.165) is 11.1 Å². The Kier molecular flexibility index (Phi) is 2.30. The molecule has 0 spiro atoms. The van der Waals surface area contributed by atoms with Crippen LogP contribution in [0.2, 0.25) is 0 Å². The minimum absolute atomic E-state index is 0.806. The van der Waals surface area contributed by atoms with Crippen LogP contribution in [-0.4, -0.2) is 16.3 Å². The largest absolute Gasteiger partial charge is 0.386 e. The smallest absolute Gasteiger partial charge is 0.109 e. The molecule has 94 valence electrons. The summed E-state index contributed by atoms with van der Waals surface area (Å²) >= 11 is 1.74. The quantitative estimate of drug-likeness (QED) is 0.655. The summed E-state index contributed by atoms with van der Waals surface area (Å²) in [6, 6.07) is 12.3. The Bertz CT molecular complexity index is 816. The van der Waals surface area contributed by atoms with Crippen LogP contribution in [0.4, 0.5) is 0 Å². The molecule has 0 amide bonds. The van der Waals surface area contributed by atoms with Crippen LogP contribution < -0.4 is 0 Å².